The number of rotatable bonds is 3. The minimum atomic E-state index is -1.18. The predicted octanol–water partition coefficient (Wildman–Crippen LogP) is 2.45. The number of halogens is 2. The van der Waals surface area contributed by atoms with Gasteiger partial charge in [0, 0.05) is 17.3 Å². The fourth-order valence-corrected chi connectivity index (χ4v) is 1.19. The van der Waals surface area contributed by atoms with Gasteiger partial charge in [-0.15, -0.1) is 0 Å². The van der Waals surface area contributed by atoms with Crippen LogP contribution in [0.3, 0.4) is 0 Å². The second-order valence-corrected chi connectivity index (χ2v) is 3.66. The number of amides is 1. The average Bonchev–Trinajstić information content (AvgIpc) is 2.23. The molecule has 0 saturated carbocycles. The molecule has 0 bridgehead atoms. The molecule has 4 nitrogen and oxygen atoms in total. The Kier molecular flexibility index (Phi) is 4.23. The largest absolute Gasteiger partial charge is 0.478 e. The van der Waals surface area contributed by atoms with E-state index < -0.39 is 17.7 Å². The third-order valence-corrected chi connectivity index (χ3v) is 2.16. The molecule has 90 valence electrons. The molecule has 0 heterocycles. The molecule has 2 N–H and O–H groups in total. The number of hydrogen-bond donors (Lipinski definition) is 2. The standard InChI is InChI=1S/C11H9ClFNO3/c1-6(11(16)17)4-10(15)14-7-2-3-9(13)8(12)5-7/h2-5H,1H3,(H,14,15)(H,16,17)/b6-4+. The highest BCUT2D eigenvalue weighted by Gasteiger charge is 2.06. The smallest absolute Gasteiger partial charge is 0.331 e. The monoisotopic (exact) mass is 257 g/mol. The molecule has 6 heteroatoms. The number of carbonyl (C=O) groups is 2. The molecule has 0 atom stereocenters. The Hall–Kier alpha value is -1.88. The Morgan fingerprint density at radius 2 is 2.12 bits per heavy atom. The number of anilines is 1. The van der Waals surface area contributed by atoms with Crippen LogP contribution in [-0.2, 0) is 9.59 Å². The van der Waals surface area contributed by atoms with Crippen molar-refractivity contribution in [3.05, 3.63) is 40.7 Å². The van der Waals surface area contributed by atoms with E-state index in [2.05, 4.69) is 5.32 Å². The molecule has 0 radical (unpaired) electrons. The summed E-state index contributed by atoms with van der Waals surface area (Å²) in [4.78, 5) is 21.8. The SMILES string of the molecule is C/C(=C\C(=O)Nc1ccc(F)c(Cl)c1)C(=O)O. The number of nitrogens with one attached hydrogen (secondary N) is 1. The second-order valence-electron chi connectivity index (χ2n) is 3.25. The van der Waals surface area contributed by atoms with E-state index in [9.17, 15) is 14.0 Å². The summed E-state index contributed by atoms with van der Waals surface area (Å²) in [6.45, 7) is 1.29. The van der Waals surface area contributed by atoms with Gasteiger partial charge in [0.25, 0.3) is 0 Å². The lowest BCUT2D eigenvalue weighted by molar-refractivity contribution is -0.132. The molecule has 0 aromatic heterocycles. The summed E-state index contributed by atoms with van der Waals surface area (Å²) in [7, 11) is 0. The van der Waals surface area contributed by atoms with Crippen molar-refractivity contribution in [2.24, 2.45) is 0 Å². The molecule has 0 aliphatic carbocycles. The summed E-state index contributed by atoms with van der Waals surface area (Å²) in [5.41, 5.74) is 0.187. The molecule has 17 heavy (non-hydrogen) atoms. The van der Waals surface area contributed by atoms with Gasteiger partial charge in [0.05, 0.1) is 5.02 Å². The second kappa shape index (κ2) is 5.45. The van der Waals surface area contributed by atoms with Gasteiger partial charge in [-0.1, -0.05) is 11.6 Å². The zero-order chi connectivity index (χ0) is 13.0. The Balaban J connectivity index is 2.78. The molecular weight excluding hydrogens is 249 g/mol. The van der Waals surface area contributed by atoms with Gasteiger partial charge in [-0.25, -0.2) is 9.18 Å². The van der Waals surface area contributed by atoms with Gasteiger partial charge >= 0.3 is 5.97 Å². The van der Waals surface area contributed by atoms with Crippen LogP contribution in [0.5, 0.6) is 0 Å². The number of hydrogen-bond acceptors (Lipinski definition) is 2. The quantitative estimate of drug-likeness (QED) is 0.818. The normalized spacial score (nSPS) is 11.1. The van der Waals surface area contributed by atoms with Gasteiger partial charge in [-0.3, -0.25) is 4.79 Å². The fraction of sp³-hybridized carbons (Fsp3) is 0.0909. The van der Waals surface area contributed by atoms with Crippen molar-refractivity contribution >= 4 is 29.2 Å². The maximum Gasteiger partial charge on any atom is 0.331 e. The van der Waals surface area contributed by atoms with E-state index in [1.54, 1.807) is 0 Å². The van der Waals surface area contributed by atoms with Gasteiger partial charge in [0.1, 0.15) is 5.82 Å². The lowest BCUT2D eigenvalue weighted by Gasteiger charge is -2.03. The zero-order valence-electron chi connectivity index (χ0n) is 8.83. The van der Waals surface area contributed by atoms with E-state index in [1.165, 1.54) is 19.1 Å². The third kappa shape index (κ3) is 3.88. The average molecular weight is 258 g/mol. The van der Waals surface area contributed by atoms with E-state index in [0.717, 1.165) is 12.1 Å². The summed E-state index contributed by atoms with van der Waals surface area (Å²) >= 11 is 5.52. The predicted molar refractivity (Wildman–Crippen MR) is 61.4 cm³/mol. The van der Waals surface area contributed by atoms with Crippen LogP contribution in [-0.4, -0.2) is 17.0 Å². The summed E-state index contributed by atoms with van der Waals surface area (Å²) in [6.07, 6.45) is 0.930. The minimum absolute atomic E-state index is 0.101. The molecule has 0 spiro atoms. The molecule has 0 saturated heterocycles. The summed E-state index contributed by atoms with van der Waals surface area (Å²) in [5.74, 6) is -2.40. The van der Waals surface area contributed by atoms with Crippen LogP contribution in [0, 0.1) is 5.82 Å². The molecule has 0 fully saturated rings. The highest BCUT2D eigenvalue weighted by Crippen LogP contribution is 2.19. The first-order chi connectivity index (χ1) is 7.90. The minimum Gasteiger partial charge on any atom is -0.478 e. The highest BCUT2D eigenvalue weighted by atomic mass is 35.5. The number of carboxylic acid groups (broad SMARTS) is 1. The van der Waals surface area contributed by atoms with Crippen molar-refractivity contribution in [2.45, 2.75) is 6.92 Å². The van der Waals surface area contributed by atoms with E-state index in [0.29, 0.717) is 0 Å². The van der Waals surface area contributed by atoms with Crippen molar-refractivity contribution in [1.29, 1.82) is 0 Å². The van der Waals surface area contributed by atoms with Crippen LogP contribution in [0.4, 0.5) is 10.1 Å². The first-order valence-electron chi connectivity index (χ1n) is 4.58. The van der Waals surface area contributed by atoms with E-state index >= 15 is 0 Å². The number of carboxylic acids is 1. The molecule has 0 aliphatic heterocycles. The summed E-state index contributed by atoms with van der Waals surface area (Å²) < 4.78 is 12.8. The van der Waals surface area contributed by atoms with Crippen LogP contribution < -0.4 is 5.32 Å². The van der Waals surface area contributed by atoms with Crippen LogP contribution in [0.1, 0.15) is 6.92 Å². The third-order valence-electron chi connectivity index (χ3n) is 1.87. The lowest BCUT2D eigenvalue weighted by Crippen LogP contribution is -2.10. The zero-order valence-corrected chi connectivity index (χ0v) is 9.58. The lowest BCUT2D eigenvalue weighted by atomic mass is 10.2. The van der Waals surface area contributed by atoms with E-state index in [-0.39, 0.29) is 16.3 Å². The number of benzene rings is 1. The maximum atomic E-state index is 12.8. The number of carbonyl (C=O) groups excluding carboxylic acids is 1. The topological polar surface area (TPSA) is 66.4 Å². The van der Waals surface area contributed by atoms with Crippen molar-refractivity contribution in [2.75, 3.05) is 5.32 Å². The Morgan fingerprint density at radius 1 is 1.47 bits per heavy atom. The van der Waals surface area contributed by atoms with E-state index in [1.807, 2.05) is 0 Å². The Labute approximate surface area is 102 Å². The molecular formula is C11H9ClFNO3. The Morgan fingerprint density at radius 3 is 2.65 bits per heavy atom. The molecule has 1 rings (SSSR count). The summed E-state index contributed by atoms with van der Waals surface area (Å²) in [6, 6.07) is 3.66. The van der Waals surface area contributed by atoms with Crippen LogP contribution in [0.25, 0.3) is 0 Å². The van der Waals surface area contributed by atoms with Crippen molar-refractivity contribution < 1.29 is 19.1 Å². The first kappa shape index (κ1) is 13.2. The van der Waals surface area contributed by atoms with Crippen molar-refractivity contribution in [3.63, 3.8) is 0 Å². The fourth-order valence-electron chi connectivity index (χ4n) is 1.01. The van der Waals surface area contributed by atoms with Gasteiger partial charge in [-0.05, 0) is 25.1 Å². The molecule has 0 aliphatic rings. The van der Waals surface area contributed by atoms with Crippen LogP contribution in [0.15, 0.2) is 29.8 Å². The van der Waals surface area contributed by atoms with Crippen LogP contribution in [0.2, 0.25) is 5.02 Å². The molecule has 1 aromatic carbocycles. The highest BCUT2D eigenvalue weighted by molar-refractivity contribution is 6.31. The number of aliphatic carboxylic acids is 1. The Bertz CT molecular complexity index is 499. The maximum absolute atomic E-state index is 12.8. The van der Waals surface area contributed by atoms with E-state index in [4.69, 9.17) is 16.7 Å². The van der Waals surface area contributed by atoms with Gasteiger partial charge in [0.15, 0.2) is 0 Å². The van der Waals surface area contributed by atoms with Gasteiger partial charge in [-0.2, -0.15) is 0 Å². The van der Waals surface area contributed by atoms with Crippen molar-refractivity contribution in [3.8, 4) is 0 Å². The molecule has 1 amide bonds. The van der Waals surface area contributed by atoms with Gasteiger partial charge in [0.2, 0.25) is 5.91 Å². The molecule has 0 unspecified atom stereocenters. The van der Waals surface area contributed by atoms with Gasteiger partial charge < -0.3 is 10.4 Å². The first-order valence-corrected chi connectivity index (χ1v) is 4.95. The van der Waals surface area contributed by atoms with Crippen LogP contribution >= 0.6 is 11.6 Å². The van der Waals surface area contributed by atoms with Crippen molar-refractivity contribution in [1.82, 2.24) is 0 Å². The summed E-state index contributed by atoms with van der Waals surface area (Å²) in [5, 5.41) is 10.8. The molecule has 1 aromatic rings.